The molecule has 12 heteroatoms. The van der Waals surface area contributed by atoms with Crippen LogP contribution in [0.15, 0.2) is 41.3 Å². The van der Waals surface area contributed by atoms with Crippen LogP contribution < -0.4 is 10.2 Å². The highest BCUT2D eigenvalue weighted by atomic mass is 32.2. The van der Waals surface area contributed by atoms with E-state index in [2.05, 4.69) is 5.32 Å². The molecule has 1 heterocycles. The van der Waals surface area contributed by atoms with Gasteiger partial charge in [-0.1, -0.05) is 6.07 Å². The van der Waals surface area contributed by atoms with Crippen molar-refractivity contribution in [1.82, 2.24) is 0 Å². The number of alkyl halides is 2. The lowest BCUT2D eigenvalue weighted by atomic mass is 10.1. The molecule has 0 unspecified atom stereocenters. The number of nitro benzene ring substituents is 1. The Morgan fingerprint density at radius 2 is 1.87 bits per heavy atom. The summed E-state index contributed by atoms with van der Waals surface area (Å²) in [5.74, 6) is -4.15. The largest absolute Gasteiger partial charge is 0.378 e. The number of morpholine rings is 1. The lowest BCUT2D eigenvalue weighted by molar-refractivity contribution is -0.384. The summed E-state index contributed by atoms with van der Waals surface area (Å²) in [4.78, 5) is 11.4. The predicted octanol–water partition coefficient (Wildman–Crippen LogP) is 3.18. The van der Waals surface area contributed by atoms with E-state index in [9.17, 15) is 31.7 Å². The van der Waals surface area contributed by atoms with E-state index in [4.69, 9.17) is 4.74 Å². The van der Waals surface area contributed by atoms with Crippen molar-refractivity contribution in [3.8, 4) is 0 Å². The monoisotopic (exact) mass is 445 g/mol. The zero-order valence-corrected chi connectivity index (χ0v) is 16.4. The molecule has 0 bridgehead atoms. The van der Waals surface area contributed by atoms with Gasteiger partial charge in [-0.2, -0.15) is 8.78 Å². The number of hydrogen-bond donors (Lipinski definition) is 1. The average molecular weight is 445 g/mol. The van der Waals surface area contributed by atoms with Crippen LogP contribution in [-0.4, -0.2) is 45.4 Å². The van der Waals surface area contributed by atoms with Gasteiger partial charge in [-0.15, -0.1) is 0 Å². The van der Waals surface area contributed by atoms with E-state index in [1.54, 1.807) is 12.1 Å². The fourth-order valence-corrected chi connectivity index (χ4v) is 3.75. The van der Waals surface area contributed by atoms with Crippen molar-refractivity contribution >= 4 is 26.9 Å². The minimum absolute atomic E-state index is 0.00208. The molecular weight excluding hydrogens is 427 g/mol. The van der Waals surface area contributed by atoms with Gasteiger partial charge in [0, 0.05) is 25.7 Å². The molecule has 2 aromatic carbocycles. The first-order valence-electron chi connectivity index (χ1n) is 8.85. The highest BCUT2D eigenvalue weighted by molar-refractivity contribution is 7.91. The second-order valence-electron chi connectivity index (χ2n) is 6.48. The van der Waals surface area contributed by atoms with Gasteiger partial charge < -0.3 is 15.0 Å². The van der Waals surface area contributed by atoms with Gasteiger partial charge in [0.05, 0.1) is 28.7 Å². The molecule has 162 valence electrons. The third-order valence-electron chi connectivity index (χ3n) is 4.58. The first-order chi connectivity index (χ1) is 14.2. The Labute approximate surface area is 170 Å². The maximum Gasteiger partial charge on any atom is 0.341 e. The maximum absolute atomic E-state index is 14.5. The van der Waals surface area contributed by atoms with Gasteiger partial charge in [0.2, 0.25) is 9.84 Å². The Hall–Kier alpha value is -2.86. The summed E-state index contributed by atoms with van der Waals surface area (Å²) in [6.07, 6.45) is 0. The Morgan fingerprint density at radius 3 is 2.47 bits per heavy atom. The molecule has 0 spiro atoms. The van der Waals surface area contributed by atoms with Crippen LogP contribution in [0.3, 0.4) is 0 Å². The smallest absolute Gasteiger partial charge is 0.341 e. The summed E-state index contributed by atoms with van der Waals surface area (Å²) in [6.45, 7) is 2.14. The quantitative estimate of drug-likeness (QED) is 0.516. The highest BCUT2D eigenvalue weighted by Crippen LogP contribution is 2.30. The van der Waals surface area contributed by atoms with Gasteiger partial charge >= 0.3 is 5.76 Å². The summed E-state index contributed by atoms with van der Waals surface area (Å²) < 4.78 is 68.2. The maximum atomic E-state index is 14.5. The van der Waals surface area contributed by atoms with Crippen molar-refractivity contribution in [2.45, 2.75) is 17.2 Å². The van der Waals surface area contributed by atoms with Crippen molar-refractivity contribution in [3.05, 3.63) is 57.9 Å². The fraction of sp³-hybridized carbons (Fsp3) is 0.333. The topological polar surface area (TPSA) is 102 Å². The third-order valence-corrected chi connectivity index (χ3v) is 5.96. The Kier molecular flexibility index (Phi) is 6.46. The SMILES string of the molecule is O=[N+]([O-])c1cc(S(=O)(=O)C(F)F)ccc1NCc1ccc(N2CCOCC2)c(F)c1. The lowest BCUT2D eigenvalue weighted by Crippen LogP contribution is -2.36. The molecular formula is C18H18F3N3O5S. The minimum Gasteiger partial charge on any atom is -0.378 e. The number of rotatable bonds is 7. The number of ether oxygens (including phenoxy) is 1. The summed E-state index contributed by atoms with van der Waals surface area (Å²) in [7, 11) is -4.97. The van der Waals surface area contributed by atoms with Crippen LogP contribution in [0.25, 0.3) is 0 Å². The summed E-state index contributed by atoms with van der Waals surface area (Å²) in [6, 6.07) is 7.02. The molecule has 1 aliphatic rings. The van der Waals surface area contributed by atoms with E-state index in [-0.39, 0.29) is 12.2 Å². The van der Waals surface area contributed by atoms with Crippen LogP contribution in [0.1, 0.15) is 5.56 Å². The summed E-state index contributed by atoms with van der Waals surface area (Å²) in [5, 5.41) is 14.0. The van der Waals surface area contributed by atoms with E-state index >= 15 is 0 Å². The number of benzene rings is 2. The number of nitrogens with one attached hydrogen (secondary N) is 1. The third kappa shape index (κ3) is 4.65. The van der Waals surface area contributed by atoms with Crippen LogP contribution in [0.4, 0.5) is 30.2 Å². The van der Waals surface area contributed by atoms with Gasteiger partial charge in [0.15, 0.2) is 0 Å². The molecule has 0 aliphatic carbocycles. The Morgan fingerprint density at radius 1 is 1.17 bits per heavy atom. The molecule has 0 radical (unpaired) electrons. The van der Waals surface area contributed by atoms with E-state index in [0.717, 1.165) is 12.1 Å². The summed E-state index contributed by atoms with van der Waals surface area (Å²) >= 11 is 0. The molecule has 30 heavy (non-hydrogen) atoms. The Balaban J connectivity index is 1.78. The van der Waals surface area contributed by atoms with E-state index in [1.165, 1.54) is 6.07 Å². The van der Waals surface area contributed by atoms with E-state index in [0.29, 0.717) is 43.6 Å². The molecule has 0 amide bonds. The van der Waals surface area contributed by atoms with Crippen molar-refractivity contribution in [2.24, 2.45) is 0 Å². The number of sulfone groups is 1. The number of nitrogens with zero attached hydrogens (tertiary/aromatic N) is 2. The first kappa shape index (κ1) is 21.8. The van der Waals surface area contributed by atoms with E-state index < -0.39 is 36.9 Å². The molecule has 0 aromatic heterocycles. The minimum atomic E-state index is -4.97. The molecule has 1 fully saturated rings. The normalized spacial score (nSPS) is 14.7. The zero-order chi connectivity index (χ0) is 21.9. The molecule has 0 atom stereocenters. The molecule has 3 rings (SSSR count). The van der Waals surface area contributed by atoms with Gasteiger partial charge in [-0.05, 0) is 29.8 Å². The molecule has 1 N–H and O–H groups in total. The van der Waals surface area contributed by atoms with Gasteiger partial charge in [0.25, 0.3) is 5.69 Å². The molecule has 1 aliphatic heterocycles. The Bertz CT molecular complexity index is 1040. The first-order valence-corrected chi connectivity index (χ1v) is 10.4. The second-order valence-corrected chi connectivity index (χ2v) is 8.40. The van der Waals surface area contributed by atoms with Gasteiger partial charge in [0.1, 0.15) is 11.5 Å². The van der Waals surface area contributed by atoms with Gasteiger partial charge in [-0.3, -0.25) is 10.1 Å². The molecule has 1 saturated heterocycles. The van der Waals surface area contributed by atoms with E-state index in [1.807, 2.05) is 4.90 Å². The standard InChI is InChI=1S/C18H18F3N3O5S/c19-14-9-12(1-4-16(14)23-5-7-29-8-6-23)11-22-15-3-2-13(10-17(15)24(25)26)30(27,28)18(20)21/h1-4,9-10,18,22H,5-8,11H2. The van der Waals surface area contributed by atoms with Crippen molar-refractivity contribution < 1.29 is 31.2 Å². The van der Waals surface area contributed by atoms with Crippen molar-refractivity contribution in [3.63, 3.8) is 0 Å². The zero-order valence-electron chi connectivity index (χ0n) is 15.6. The van der Waals surface area contributed by atoms with Gasteiger partial charge in [-0.25, -0.2) is 12.8 Å². The number of hydrogen-bond acceptors (Lipinski definition) is 7. The lowest BCUT2D eigenvalue weighted by Gasteiger charge is -2.29. The fourth-order valence-electron chi connectivity index (χ4n) is 3.01. The number of nitro groups is 1. The van der Waals surface area contributed by atoms with Crippen LogP contribution in [-0.2, 0) is 21.1 Å². The number of halogens is 3. The van der Waals surface area contributed by atoms with Crippen LogP contribution in [0.5, 0.6) is 0 Å². The number of anilines is 2. The predicted molar refractivity (Wildman–Crippen MR) is 103 cm³/mol. The van der Waals surface area contributed by atoms with Crippen LogP contribution >= 0.6 is 0 Å². The van der Waals surface area contributed by atoms with Crippen LogP contribution in [0, 0.1) is 15.9 Å². The average Bonchev–Trinajstić information content (AvgIpc) is 2.72. The molecule has 8 nitrogen and oxygen atoms in total. The molecule has 2 aromatic rings. The molecule has 0 saturated carbocycles. The highest BCUT2D eigenvalue weighted by Gasteiger charge is 2.29. The van der Waals surface area contributed by atoms with Crippen LogP contribution in [0.2, 0.25) is 0 Å². The van der Waals surface area contributed by atoms with Crippen molar-refractivity contribution in [1.29, 1.82) is 0 Å². The summed E-state index contributed by atoms with van der Waals surface area (Å²) in [5.41, 5.74) is 0.158. The second kappa shape index (κ2) is 8.88. The van der Waals surface area contributed by atoms with Crippen molar-refractivity contribution in [2.75, 3.05) is 36.5 Å².